The molecule has 0 saturated carbocycles. The SMILES string of the molecule is CC(C)C1CCCN(CC(N)c2ccccc2)CC1. The van der Waals surface area contributed by atoms with Crippen LogP contribution >= 0.6 is 0 Å². The predicted molar refractivity (Wildman–Crippen MR) is 82.0 cm³/mol. The molecule has 1 heterocycles. The maximum absolute atomic E-state index is 6.33. The highest BCUT2D eigenvalue weighted by molar-refractivity contribution is 5.18. The molecule has 1 aromatic rings. The normalized spacial score (nSPS) is 23.3. The van der Waals surface area contributed by atoms with Gasteiger partial charge in [0, 0.05) is 12.6 Å². The van der Waals surface area contributed by atoms with Gasteiger partial charge in [0.2, 0.25) is 0 Å². The minimum atomic E-state index is 0.150. The van der Waals surface area contributed by atoms with Crippen LogP contribution in [0.2, 0.25) is 0 Å². The van der Waals surface area contributed by atoms with E-state index >= 15 is 0 Å². The summed E-state index contributed by atoms with van der Waals surface area (Å²) in [6, 6.07) is 10.6. The summed E-state index contributed by atoms with van der Waals surface area (Å²) in [5.41, 5.74) is 7.59. The number of hydrogen-bond donors (Lipinski definition) is 1. The summed E-state index contributed by atoms with van der Waals surface area (Å²) >= 11 is 0. The maximum atomic E-state index is 6.33. The third-order valence-corrected chi connectivity index (χ3v) is 4.49. The van der Waals surface area contributed by atoms with Crippen LogP contribution in [0.15, 0.2) is 30.3 Å². The van der Waals surface area contributed by atoms with Crippen LogP contribution in [0.3, 0.4) is 0 Å². The third kappa shape index (κ3) is 4.32. The maximum Gasteiger partial charge on any atom is 0.0424 e. The molecule has 0 aliphatic carbocycles. The van der Waals surface area contributed by atoms with E-state index < -0.39 is 0 Å². The summed E-state index contributed by atoms with van der Waals surface area (Å²) in [7, 11) is 0. The molecule has 1 fully saturated rings. The van der Waals surface area contributed by atoms with Crippen LogP contribution in [0.4, 0.5) is 0 Å². The molecular formula is C17H28N2. The first kappa shape index (κ1) is 14.5. The molecule has 1 saturated heterocycles. The van der Waals surface area contributed by atoms with Crippen molar-refractivity contribution in [2.75, 3.05) is 19.6 Å². The van der Waals surface area contributed by atoms with Gasteiger partial charge in [0.05, 0.1) is 0 Å². The summed E-state index contributed by atoms with van der Waals surface area (Å²) < 4.78 is 0. The Morgan fingerprint density at radius 3 is 2.58 bits per heavy atom. The predicted octanol–water partition coefficient (Wildman–Crippen LogP) is 3.44. The van der Waals surface area contributed by atoms with Crippen LogP contribution in [0.25, 0.3) is 0 Å². The molecule has 0 bridgehead atoms. The number of rotatable bonds is 4. The molecule has 19 heavy (non-hydrogen) atoms. The van der Waals surface area contributed by atoms with E-state index in [-0.39, 0.29) is 6.04 Å². The van der Waals surface area contributed by atoms with E-state index in [2.05, 4.69) is 49.1 Å². The lowest BCUT2D eigenvalue weighted by Crippen LogP contribution is -2.33. The number of nitrogens with two attached hydrogens (primary N) is 1. The van der Waals surface area contributed by atoms with E-state index in [4.69, 9.17) is 5.73 Å². The van der Waals surface area contributed by atoms with Crippen molar-refractivity contribution in [2.45, 2.75) is 39.2 Å². The van der Waals surface area contributed by atoms with Gasteiger partial charge in [0.1, 0.15) is 0 Å². The van der Waals surface area contributed by atoms with Gasteiger partial charge >= 0.3 is 0 Å². The fourth-order valence-corrected chi connectivity index (χ4v) is 3.11. The highest BCUT2D eigenvalue weighted by Crippen LogP contribution is 2.25. The van der Waals surface area contributed by atoms with Crippen LogP contribution in [0.5, 0.6) is 0 Å². The van der Waals surface area contributed by atoms with E-state index in [1.165, 1.54) is 37.9 Å². The zero-order chi connectivity index (χ0) is 13.7. The van der Waals surface area contributed by atoms with E-state index in [0.717, 1.165) is 18.4 Å². The largest absolute Gasteiger partial charge is 0.323 e. The standard InChI is InChI=1S/C17H28N2/c1-14(2)15-9-6-11-19(12-10-15)13-17(18)16-7-4-3-5-8-16/h3-5,7-8,14-15,17H,6,9-13,18H2,1-2H3. The Bertz CT molecular complexity index is 361. The molecule has 1 aliphatic heterocycles. The number of benzene rings is 1. The summed E-state index contributed by atoms with van der Waals surface area (Å²) in [5.74, 6) is 1.72. The molecular weight excluding hydrogens is 232 g/mol. The zero-order valence-corrected chi connectivity index (χ0v) is 12.4. The van der Waals surface area contributed by atoms with Gasteiger partial charge in [0.25, 0.3) is 0 Å². The minimum Gasteiger partial charge on any atom is -0.323 e. The lowest BCUT2D eigenvalue weighted by atomic mass is 9.89. The van der Waals surface area contributed by atoms with Crippen LogP contribution in [-0.2, 0) is 0 Å². The first-order valence-electron chi connectivity index (χ1n) is 7.69. The number of likely N-dealkylation sites (tertiary alicyclic amines) is 1. The Morgan fingerprint density at radius 1 is 1.16 bits per heavy atom. The highest BCUT2D eigenvalue weighted by Gasteiger charge is 2.20. The van der Waals surface area contributed by atoms with Crippen molar-refractivity contribution in [3.8, 4) is 0 Å². The molecule has 1 aliphatic rings. The number of nitrogens with zero attached hydrogens (tertiary/aromatic N) is 1. The molecule has 0 aromatic heterocycles. The monoisotopic (exact) mass is 260 g/mol. The Kier molecular flexibility index (Phi) is 5.41. The minimum absolute atomic E-state index is 0.150. The average Bonchev–Trinajstić information content (AvgIpc) is 2.65. The van der Waals surface area contributed by atoms with Crippen LogP contribution < -0.4 is 5.73 Å². The molecule has 1 aromatic carbocycles. The smallest absolute Gasteiger partial charge is 0.0424 e. The number of hydrogen-bond acceptors (Lipinski definition) is 2. The van der Waals surface area contributed by atoms with Crippen LogP contribution in [0, 0.1) is 11.8 Å². The summed E-state index contributed by atoms with van der Waals surface area (Å²) in [4.78, 5) is 2.56. The summed E-state index contributed by atoms with van der Waals surface area (Å²) in [5, 5.41) is 0. The Balaban J connectivity index is 1.86. The Labute approximate surface area is 118 Å². The lowest BCUT2D eigenvalue weighted by Gasteiger charge is -2.24. The van der Waals surface area contributed by atoms with Crippen LogP contribution in [-0.4, -0.2) is 24.5 Å². The first-order chi connectivity index (χ1) is 9.16. The van der Waals surface area contributed by atoms with Crippen LogP contribution in [0.1, 0.15) is 44.7 Å². The molecule has 2 nitrogen and oxygen atoms in total. The molecule has 2 N–H and O–H groups in total. The Morgan fingerprint density at radius 2 is 1.89 bits per heavy atom. The van der Waals surface area contributed by atoms with E-state index in [1.54, 1.807) is 0 Å². The first-order valence-corrected chi connectivity index (χ1v) is 7.69. The second kappa shape index (κ2) is 7.06. The molecule has 2 rings (SSSR count). The van der Waals surface area contributed by atoms with Gasteiger partial charge in [-0.25, -0.2) is 0 Å². The van der Waals surface area contributed by atoms with Gasteiger partial charge in [-0.15, -0.1) is 0 Å². The van der Waals surface area contributed by atoms with Crippen molar-refractivity contribution >= 4 is 0 Å². The fraction of sp³-hybridized carbons (Fsp3) is 0.647. The van der Waals surface area contributed by atoms with Crippen molar-refractivity contribution in [2.24, 2.45) is 17.6 Å². The summed E-state index contributed by atoms with van der Waals surface area (Å²) in [6.45, 7) is 8.13. The second-order valence-corrected chi connectivity index (χ2v) is 6.25. The van der Waals surface area contributed by atoms with Crippen molar-refractivity contribution in [1.82, 2.24) is 4.90 Å². The quantitative estimate of drug-likeness (QED) is 0.898. The van der Waals surface area contributed by atoms with Crippen molar-refractivity contribution in [3.63, 3.8) is 0 Å². The zero-order valence-electron chi connectivity index (χ0n) is 12.4. The van der Waals surface area contributed by atoms with Gasteiger partial charge in [-0.1, -0.05) is 44.2 Å². The van der Waals surface area contributed by atoms with Gasteiger partial charge in [-0.2, -0.15) is 0 Å². The molecule has 0 radical (unpaired) electrons. The highest BCUT2D eigenvalue weighted by atomic mass is 15.1. The van der Waals surface area contributed by atoms with E-state index in [0.29, 0.717) is 0 Å². The summed E-state index contributed by atoms with van der Waals surface area (Å²) in [6.07, 6.45) is 4.04. The van der Waals surface area contributed by atoms with E-state index in [1.807, 2.05) is 0 Å². The molecule has 2 atom stereocenters. The second-order valence-electron chi connectivity index (χ2n) is 6.25. The van der Waals surface area contributed by atoms with Gasteiger partial charge < -0.3 is 10.6 Å². The van der Waals surface area contributed by atoms with Gasteiger partial charge in [-0.3, -0.25) is 0 Å². The van der Waals surface area contributed by atoms with E-state index in [9.17, 15) is 0 Å². The molecule has 106 valence electrons. The molecule has 0 amide bonds. The van der Waals surface area contributed by atoms with Gasteiger partial charge in [-0.05, 0) is 49.8 Å². The fourth-order valence-electron chi connectivity index (χ4n) is 3.11. The molecule has 0 spiro atoms. The molecule has 2 heteroatoms. The van der Waals surface area contributed by atoms with Crippen molar-refractivity contribution < 1.29 is 0 Å². The average molecular weight is 260 g/mol. The molecule has 2 unspecified atom stereocenters. The lowest BCUT2D eigenvalue weighted by molar-refractivity contribution is 0.257. The topological polar surface area (TPSA) is 29.3 Å². The van der Waals surface area contributed by atoms with Crippen molar-refractivity contribution in [1.29, 1.82) is 0 Å². The van der Waals surface area contributed by atoms with Gasteiger partial charge in [0.15, 0.2) is 0 Å². The van der Waals surface area contributed by atoms with Crippen molar-refractivity contribution in [3.05, 3.63) is 35.9 Å². The third-order valence-electron chi connectivity index (χ3n) is 4.49. The Hall–Kier alpha value is -0.860.